The maximum absolute atomic E-state index is 7.45. The van der Waals surface area contributed by atoms with E-state index in [1.165, 1.54) is 22.9 Å². The molecule has 0 bridgehead atoms. The highest BCUT2D eigenvalue weighted by molar-refractivity contribution is 8.13. The lowest BCUT2D eigenvalue weighted by Gasteiger charge is -2.03. The number of nitrogens with two attached hydrogens (primary N) is 2. The molecule has 80 valence electrons. The average molecular weight is 222 g/mol. The fourth-order valence-electron chi connectivity index (χ4n) is 1.07. The van der Waals surface area contributed by atoms with Crippen LogP contribution in [0.4, 0.5) is 0 Å². The molecule has 0 saturated heterocycles. The first-order valence-corrected chi connectivity index (χ1v) is 5.43. The fraction of sp³-hybridized carbons (Fsp3) is 0.200. The van der Waals surface area contributed by atoms with Gasteiger partial charge in [-0.1, -0.05) is 36.0 Å². The zero-order valence-corrected chi connectivity index (χ0v) is 9.34. The lowest BCUT2D eigenvalue weighted by molar-refractivity contribution is 1.31. The Morgan fingerprint density at radius 2 is 2.07 bits per heavy atom. The van der Waals surface area contributed by atoms with Crippen LogP contribution in [0.5, 0.6) is 0 Å². The van der Waals surface area contributed by atoms with Crippen LogP contribution in [0.3, 0.4) is 0 Å². The van der Waals surface area contributed by atoms with Gasteiger partial charge >= 0.3 is 0 Å². The molecule has 1 aromatic carbocycles. The van der Waals surface area contributed by atoms with Crippen LogP contribution in [0.1, 0.15) is 11.1 Å². The molecule has 1 aromatic rings. The van der Waals surface area contributed by atoms with Crippen molar-refractivity contribution in [2.75, 3.05) is 0 Å². The minimum Gasteiger partial charge on any atom is -0.370 e. The topological polar surface area (TPSA) is 88.2 Å². The molecule has 4 nitrogen and oxygen atoms in total. The number of nitrogens with zero attached hydrogens (tertiary/aromatic N) is 1. The Hall–Kier alpha value is -1.49. The molecule has 5 heteroatoms. The zero-order chi connectivity index (χ0) is 11.3. The summed E-state index contributed by atoms with van der Waals surface area (Å²) in [6, 6.07) is 8.04. The van der Waals surface area contributed by atoms with Crippen molar-refractivity contribution >= 4 is 22.9 Å². The molecule has 0 saturated carbocycles. The molecule has 0 aromatic heterocycles. The van der Waals surface area contributed by atoms with Crippen molar-refractivity contribution in [3.63, 3.8) is 0 Å². The molecule has 0 amide bonds. The van der Waals surface area contributed by atoms with Gasteiger partial charge in [0.1, 0.15) is 0 Å². The number of aryl methyl sites for hydroxylation is 1. The zero-order valence-electron chi connectivity index (χ0n) is 8.53. The van der Waals surface area contributed by atoms with Gasteiger partial charge in [0.2, 0.25) is 0 Å². The third-order valence-electron chi connectivity index (χ3n) is 1.86. The SMILES string of the molecule is Cc1ccccc1CSC(=N)N=C(N)N. The van der Waals surface area contributed by atoms with Gasteiger partial charge in [0.25, 0.3) is 0 Å². The van der Waals surface area contributed by atoms with Gasteiger partial charge in [-0.05, 0) is 18.1 Å². The monoisotopic (exact) mass is 222 g/mol. The number of hydrogen-bond donors (Lipinski definition) is 3. The van der Waals surface area contributed by atoms with E-state index >= 15 is 0 Å². The second kappa shape index (κ2) is 5.41. The second-order valence-corrected chi connectivity index (χ2v) is 4.02. The first-order chi connectivity index (χ1) is 7.09. The summed E-state index contributed by atoms with van der Waals surface area (Å²) in [4.78, 5) is 3.64. The van der Waals surface area contributed by atoms with Crippen LogP contribution in [0.2, 0.25) is 0 Å². The van der Waals surface area contributed by atoms with Gasteiger partial charge in [-0.15, -0.1) is 0 Å². The Kier molecular flexibility index (Phi) is 4.17. The highest BCUT2D eigenvalue weighted by Gasteiger charge is 2.00. The van der Waals surface area contributed by atoms with Crippen molar-refractivity contribution in [1.82, 2.24) is 0 Å². The Morgan fingerprint density at radius 3 is 2.67 bits per heavy atom. The van der Waals surface area contributed by atoms with Crippen LogP contribution >= 0.6 is 11.8 Å². The number of amidine groups is 1. The summed E-state index contributed by atoms with van der Waals surface area (Å²) in [6.07, 6.45) is 0. The van der Waals surface area contributed by atoms with Crippen LogP contribution in [-0.4, -0.2) is 11.1 Å². The first kappa shape index (κ1) is 11.6. The third kappa shape index (κ3) is 4.03. The molecular weight excluding hydrogens is 208 g/mol. The predicted molar refractivity (Wildman–Crippen MR) is 66.0 cm³/mol. The van der Waals surface area contributed by atoms with Crippen LogP contribution in [0.15, 0.2) is 29.3 Å². The smallest absolute Gasteiger partial charge is 0.193 e. The summed E-state index contributed by atoms with van der Waals surface area (Å²) in [5.74, 6) is 0.639. The van der Waals surface area contributed by atoms with Crippen LogP contribution < -0.4 is 11.5 Å². The molecule has 0 fully saturated rings. The first-order valence-electron chi connectivity index (χ1n) is 4.45. The molecule has 0 spiro atoms. The van der Waals surface area contributed by atoms with E-state index in [1.54, 1.807) is 0 Å². The van der Waals surface area contributed by atoms with E-state index in [4.69, 9.17) is 16.9 Å². The van der Waals surface area contributed by atoms with E-state index in [-0.39, 0.29) is 11.1 Å². The predicted octanol–water partition coefficient (Wildman–Crippen LogP) is 1.44. The molecule has 15 heavy (non-hydrogen) atoms. The van der Waals surface area contributed by atoms with E-state index in [1.807, 2.05) is 31.2 Å². The number of guanidine groups is 1. The second-order valence-electron chi connectivity index (χ2n) is 3.06. The maximum atomic E-state index is 7.45. The average Bonchev–Trinajstić information content (AvgIpc) is 2.15. The molecule has 0 unspecified atom stereocenters. The largest absolute Gasteiger partial charge is 0.370 e. The molecule has 0 aliphatic carbocycles. The molecule has 0 atom stereocenters. The van der Waals surface area contributed by atoms with Crippen molar-refractivity contribution in [2.24, 2.45) is 16.5 Å². The minimum atomic E-state index is -0.0720. The van der Waals surface area contributed by atoms with Crippen LogP contribution in [0.25, 0.3) is 0 Å². The molecule has 1 rings (SSSR count). The van der Waals surface area contributed by atoms with Crippen molar-refractivity contribution in [3.05, 3.63) is 35.4 Å². The normalized spacial score (nSPS) is 9.67. The van der Waals surface area contributed by atoms with E-state index in [2.05, 4.69) is 4.99 Å². The van der Waals surface area contributed by atoms with Gasteiger partial charge in [0.05, 0.1) is 0 Å². The molecule has 5 N–H and O–H groups in total. The number of benzene rings is 1. The number of rotatable bonds is 2. The molecule has 0 aliphatic heterocycles. The summed E-state index contributed by atoms with van der Waals surface area (Å²) >= 11 is 1.31. The standard InChI is InChI=1S/C10H14N4S/c1-7-4-2-3-5-8(7)6-15-10(13)14-9(11)12/h2-5H,6H2,1H3,(H5,11,12,13,14). The van der Waals surface area contributed by atoms with E-state index in [0.29, 0.717) is 5.75 Å². The summed E-state index contributed by atoms with van der Waals surface area (Å²) in [5, 5.41) is 7.59. The van der Waals surface area contributed by atoms with Crippen LogP contribution in [-0.2, 0) is 5.75 Å². The molecular formula is C10H14N4S. The van der Waals surface area contributed by atoms with Crippen molar-refractivity contribution in [3.8, 4) is 0 Å². The quantitative estimate of drug-likeness (QED) is 0.522. The molecule has 0 radical (unpaired) electrons. The maximum Gasteiger partial charge on any atom is 0.193 e. The Balaban J connectivity index is 2.55. The summed E-state index contributed by atoms with van der Waals surface area (Å²) < 4.78 is 0. The summed E-state index contributed by atoms with van der Waals surface area (Å²) in [6.45, 7) is 2.04. The van der Waals surface area contributed by atoms with Crippen LogP contribution in [0, 0.1) is 12.3 Å². The Bertz CT molecular complexity index is 383. The Morgan fingerprint density at radius 1 is 1.40 bits per heavy atom. The van der Waals surface area contributed by atoms with Gasteiger partial charge in [-0.3, -0.25) is 5.41 Å². The number of hydrogen-bond acceptors (Lipinski definition) is 2. The highest BCUT2D eigenvalue weighted by atomic mass is 32.2. The van der Waals surface area contributed by atoms with Crippen molar-refractivity contribution in [2.45, 2.75) is 12.7 Å². The van der Waals surface area contributed by atoms with E-state index < -0.39 is 0 Å². The lowest BCUT2D eigenvalue weighted by Crippen LogP contribution is -2.23. The summed E-state index contributed by atoms with van der Waals surface area (Å²) in [5.41, 5.74) is 12.7. The number of nitrogens with one attached hydrogen (secondary N) is 1. The fourth-order valence-corrected chi connectivity index (χ4v) is 1.85. The van der Waals surface area contributed by atoms with Gasteiger partial charge in [-0.25, -0.2) is 0 Å². The number of thioether (sulfide) groups is 1. The van der Waals surface area contributed by atoms with Gasteiger partial charge < -0.3 is 11.5 Å². The third-order valence-corrected chi connectivity index (χ3v) is 2.68. The van der Waals surface area contributed by atoms with Gasteiger partial charge in [0, 0.05) is 5.75 Å². The van der Waals surface area contributed by atoms with E-state index in [0.717, 1.165) is 0 Å². The van der Waals surface area contributed by atoms with Crippen molar-refractivity contribution in [1.29, 1.82) is 5.41 Å². The van der Waals surface area contributed by atoms with Crippen molar-refractivity contribution < 1.29 is 0 Å². The van der Waals surface area contributed by atoms with E-state index in [9.17, 15) is 0 Å². The lowest BCUT2D eigenvalue weighted by atomic mass is 10.1. The summed E-state index contributed by atoms with van der Waals surface area (Å²) in [7, 11) is 0. The number of aliphatic imine (C=N–C) groups is 1. The minimum absolute atomic E-state index is 0.0720. The highest BCUT2D eigenvalue weighted by Crippen LogP contribution is 2.16. The van der Waals surface area contributed by atoms with Gasteiger partial charge in [-0.2, -0.15) is 4.99 Å². The van der Waals surface area contributed by atoms with Gasteiger partial charge in [0.15, 0.2) is 11.1 Å². The molecule has 0 heterocycles. The molecule has 0 aliphatic rings. The Labute approximate surface area is 93.3 Å².